The maximum atomic E-state index is 12.1. The molecule has 178 valence electrons. The second-order valence-electron chi connectivity index (χ2n) is 8.93. The molecule has 3 aromatic rings. The molecule has 1 fully saturated rings. The van der Waals surface area contributed by atoms with Crippen LogP contribution in [0.5, 0.6) is 5.75 Å². The number of rotatable bonds is 6. The van der Waals surface area contributed by atoms with Crippen LogP contribution in [0.1, 0.15) is 29.5 Å². The molecule has 0 radical (unpaired) electrons. The number of ether oxygens (including phenoxy) is 2. The lowest BCUT2D eigenvalue weighted by Gasteiger charge is -2.23. The molecule has 8 heteroatoms. The predicted molar refractivity (Wildman–Crippen MR) is 131 cm³/mol. The Morgan fingerprint density at radius 3 is 2.88 bits per heavy atom. The number of fused-ring (bicyclic) bond motifs is 1. The maximum Gasteiger partial charge on any atom is 0.323 e. The maximum absolute atomic E-state index is 12.1. The molecule has 0 saturated carbocycles. The van der Waals surface area contributed by atoms with Gasteiger partial charge in [0.1, 0.15) is 18.4 Å². The highest BCUT2D eigenvalue weighted by Gasteiger charge is 2.31. The lowest BCUT2D eigenvalue weighted by atomic mass is 10.1. The van der Waals surface area contributed by atoms with Crippen molar-refractivity contribution >= 4 is 17.6 Å². The number of carbonyl (C=O) groups is 1. The second kappa shape index (κ2) is 10.2. The quantitative estimate of drug-likeness (QED) is 0.531. The standard InChI is InChI=1S/C26H29ClN4O3/c1-33-26(32)23-3-2-10-31(23)15-18-4-9-24-20(13-18)16-30(11-12-34-24)17-21-14-28-29-25(21)19-5-7-22(27)8-6-19/h4-9,13-14,23H,2-3,10-12,15-17H2,1H3,(H,28,29)/t23-/m0/s1. The number of esters is 1. The van der Waals surface area contributed by atoms with Gasteiger partial charge in [-0.2, -0.15) is 5.10 Å². The van der Waals surface area contributed by atoms with Gasteiger partial charge in [-0.05, 0) is 54.8 Å². The van der Waals surface area contributed by atoms with Crippen LogP contribution in [0.15, 0.2) is 48.7 Å². The highest BCUT2D eigenvalue weighted by molar-refractivity contribution is 6.30. The first-order valence-corrected chi connectivity index (χ1v) is 12.1. The molecule has 1 aromatic heterocycles. The molecule has 34 heavy (non-hydrogen) atoms. The number of carbonyl (C=O) groups excluding carboxylic acids is 1. The molecule has 0 aliphatic carbocycles. The van der Waals surface area contributed by atoms with Crippen LogP contribution in [-0.4, -0.2) is 58.8 Å². The van der Waals surface area contributed by atoms with Crippen molar-refractivity contribution < 1.29 is 14.3 Å². The normalized spacial score (nSPS) is 18.8. The number of hydrogen-bond acceptors (Lipinski definition) is 6. The largest absolute Gasteiger partial charge is 0.492 e. The van der Waals surface area contributed by atoms with E-state index in [4.69, 9.17) is 21.1 Å². The molecule has 0 unspecified atom stereocenters. The number of H-pyrrole nitrogens is 1. The highest BCUT2D eigenvalue weighted by atomic mass is 35.5. The first kappa shape index (κ1) is 22.9. The average molecular weight is 481 g/mol. The Balaban J connectivity index is 1.31. The van der Waals surface area contributed by atoms with E-state index in [1.165, 1.54) is 18.2 Å². The van der Waals surface area contributed by atoms with E-state index in [0.717, 1.165) is 68.1 Å². The van der Waals surface area contributed by atoms with Crippen molar-refractivity contribution in [1.82, 2.24) is 20.0 Å². The molecule has 2 aromatic carbocycles. The van der Waals surface area contributed by atoms with Gasteiger partial charge in [-0.1, -0.05) is 29.8 Å². The minimum absolute atomic E-state index is 0.140. The van der Waals surface area contributed by atoms with E-state index in [-0.39, 0.29) is 12.0 Å². The molecular formula is C26H29ClN4O3. The molecule has 3 heterocycles. The Morgan fingerprint density at radius 2 is 2.06 bits per heavy atom. The molecule has 2 aliphatic rings. The Labute approximate surface area is 204 Å². The summed E-state index contributed by atoms with van der Waals surface area (Å²) in [5.74, 6) is 0.792. The van der Waals surface area contributed by atoms with Crippen LogP contribution < -0.4 is 4.74 Å². The zero-order chi connectivity index (χ0) is 23.5. The number of nitrogens with one attached hydrogen (secondary N) is 1. The molecule has 1 N–H and O–H groups in total. The van der Waals surface area contributed by atoms with Gasteiger partial charge in [-0.15, -0.1) is 0 Å². The van der Waals surface area contributed by atoms with Crippen molar-refractivity contribution in [1.29, 1.82) is 0 Å². The van der Waals surface area contributed by atoms with E-state index < -0.39 is 0 Å². The first-order valence-electron chi connectivity index (χ1n) is 11.7. The summed E-state index contributed by atoms with van der Waals surface area (Å²) in [5, 5.41) is 8.15. The van der Waals surface area contributed by atoms with E-state index in [0.29, 0.717) is 11.6 Å². The lowest BCUT2D eigenvalue weighted by molar-refractivity contribution is -0.146. The average Bonchev–Trinajstić information content (AvgIpc) is 3.45. The van der Waals surface area contributed by atoms with Crippen LogP contribution in [0.3, 0.4) is 0 Å². The van der Waals surface area contributed by atoms with Gasteiger partial charge in [-0.3, -0.25) is 19.7 Å². The van der Waals surface area contributed by atoms with Gasteiger partial charge in [0.2, 0.25) is 0 Å². The molecule has 1 saturated heterocycles. The SMILES string of the molecule is COC(=O)[C@@H]1CCCN1Cc1ccc2c(c1)CN(Cc1cn[nH]c1-c1ccc(Cl)cc1)CCO2. The van der Waals surface area contributed by atoms with Crippen LogP contribution >= 0.6 is 11.6 Å². The third kappa shape index (κ3) is 4.97. The minimum atomic E-state index is -0.149. The number of aromatic amines is 1. The summed E-state index contributed by atoms with van der Waals surface area (Å²) in [4.78, 5) is 16.7. The third-order valence-corrected chi connectivity index (χ3v) is 6.90. The number of likely N-dealkylation sites (tertiary alicyclic amines) is 1. The van der Waals surface area contributed by atoms with Gasteiger partial charge < -0.3 is 9.47 Å². The number of hydrogen-bond donors (Lipinski definition) is 1. The summed E-state index contributed by atoms with van der Waals surface area (Å²) >= 11 is 6.06. The molecule has 7 nitrogen and oxygen atoms in total. The van der Waals surface area contributed by atoms with Gasteiger partial charge in [0, 0.05) is 42.3 Å². The van der Waals surface area contributed by atoms with Gasteiger partial charge in [0.15, 0.2) is 0 Å². The fourth-order valence-electron chi connectivity index (χ4n) is 4.93. The molecule has 5 rings (SSSR count). The van der Waals surface area contributed by atoms with Crippen molar-refractivity contribution in [3.05, 3.63) is 70.4 Å². The lowest BCUT2D eigenvalue weighted by Crippen LogP contribution is -2.36. The molecular weight excluding hydrogens is 452 g/mol. The zero-order valence-corrected chi connectivity index (χ0v) is 20.1. The molecule has 1 atom stereocenters. The molecule has 0 amide bonds. The van der Waals surface area contributed by atoms with Crippen molar-refractivity contribution in [2.24, 2.45) is 0 Å². The van der Waals surface area contributed by atoms with Gasteiger partial charge >= 0.3 is 5.97 Å². The van der Waals surface area contributed by atoms with Crippen molar-refractivity contribution in [3.63, 3.8) is 0 Å². The topological polar surface area (TPSA) is 70.7 Å². The second-order valence-corrected chi connectivity index (χ2v) is 9.37. The van der Waals surface area contributed by atoms with Crippen LogP contribution in [0.4, 0.5) is 0 Å². The van der Waals surface area contributed by atoms with E-state index in [1.54, 1.807) is 0 Å². The van der Waals surface area contributed by atoms with Crippen LogP contribution in [0.25, 0.3) is 11.3 Å². The van der Waals surface area contributed by atoms with E-state index in [2.05, 4.69) is 38.2 Å². The number of methoxy groups -OCH3 is 1. The summed E-state index contributed by atoms with van der Waals surface area (Å²) in [6.45, 7) is 4.65. The number of aromatic nitrogens is 2. The monoisotopic (exact) mass is 480 g/mol. The van der Waals surface area contributed by atoms with Gasteiger partial charge in [0.05, 0.1) is 19.0 Å². The van der Waals surface area contributed by atoms with E-state index in [9.17, 15) is 4.79 Å². The fourth-order valence-corrected chi connectivity index (χ4v) is 5.05. The minimum Gasteiger partial charge on any atom is -0.492 e. The Kier molecular flexibility index (Phi) is 6.85. The third-order valence-electron chi connectivity index (χ3n) is 6.65. The van der Waals surface area contributed by atoms with Crippen molar-refractivity contribution in [2.75, 3.05) is 26.8 Å². The summed E-state index contributed by atoms with van der Waals surface area (Å²) in [6.07, 6.45) is 3.77. The number of nitrogens with zero attached hydrogens (tertiary/aromatic N) is 3. The number of benzene rings is 2. The van der Waals surface area contributed by atoms with Crippen molar-refractivity contribution in [3.8, 4) is 17.0 Å². The summed E-state index contributed by atoms with van der Waals surface area (Å²) in [6, 6.07) is 14.0. The molecule has 0 spiro atoms. The van der Waals surface area contributed by atoms with Gasteiger partial charge in [0.25, 0.3) is 0 Å². The summed E-state index contributed by atoms with van der Waals surface area (Å²) in [7, 11) is 1.46. The first-order chi connectivity index (χ1) is 16.6. The van der Waals surface area contributed by atoms with Crippen molar-refractivity contribution in [2.45, 2.75) is 38.5 Å². The molecule has 0 bridgehead atoms. The van der Waals surface area contributed by atoms with E-state index >= 15 is 0 Å². The highest BCUT2D eigenvalue weighted by Crippen LogP contribution is 2.29. The molecule has 2 aliphatic heterocycles. The number of halogens is 1. The summed E-state index contributed by atoms with van der Waals surface area (Å²) in [5.41, 5.74) is 5.57. The van der Waals surface area contributed by atoms with Crippen LogP contribution in [0.2, 0.25) is 5.02 Å². The smallest absolute Gasteiger partial charge is 0.323 e. The predicted octanol–water partition coefficient (Wildman–Crippen LogP) is 4.26. The summed E-state index contributed by atoms with van der Waals surface area (Å²) < 4.78 is 11.1. The Hall–Kier alpha value is -2.87. The zero-order valence-electron chi connectivity index (χ0n) is 19.3. The Morgan fingerprint density at radius 1 is 1.21 bits per heavy atom. The fraction of sp³-hybridized carbons (Fsp3) is 0.385. The van der Waals surface area contributed by atoms with Crippen LogP contribution in [-0.2, 0) is 29.2 Å². The van der Waals surface area contributed by atoms with Gasteiger partial charge in [-0.25, -0.2) is 0 Å². The Bertz CT molecular complexity index is 1150. The van der Waals surface area contributed by atoms with E-state index in [1.807, 2.05) is 30.5 Å². The van der Waals surface area contributed by atoms with Crippen LogP contribution in [0, 0.1) is 0 Å².